The molecule has 0 amide bonds. The number of fused-ring (bicyclic) bond motifs is 1. The minimum atomic E-state index is -1.35. The molecule has 2 fully saturated rings. The molecule has 88 valence electrons. The lowest BCUT2D eigenvalue weighted by molar-refractivity contribution is -0.313. The normalized spacial score (nSPS) is 47.0. The fourth-order valence-electron chi connectivity index (χ4n) is 2.44. The van der Waals surface area contributed by atoms with Crippen LogP contribution in [0.25, 0.3) is 0 Å². The Balaban J connectivity index is 2.11. The number of aliphatic hydroxyl groups is 2. The SMILES string of the molecule is CC12CCC(O)(CO)OC1CCCCO2. The highest BCUT2D eigenvalue weighted by Gasteiger charge is 2.48. The van der Waals surface area contributed by atoms with Crippen molar-refractivity contribution in [3.05, 3.63) is 0 Å². The molecular formula is C11H20O4. The Morgan fingerprint density at radius 1 is 1.33 bits per heavy atom. The van der Waals surface area contributed by atoms with E-state index in [4.69, 9.17) is 14.6 Å². The third-order valence-electron chi connectivity index (χ3n) is 3.59. The van der Waals surface area contributed by atoms with Crippen LogP contribution in [0.1, 0.15) is 39.0 Å². The molecule has 3 unspecified atom stereocenters. The average Bonchev–Trinajstić information content (AvgIpc) is 2.41. The molecule has 15 heavy (non-hydrogen) atoms. The van der Waals surface area contributed by atoms with Gasteiger partial charge in [-0.05, 0) is 32.6 Å². The smallest absolute Gasteiger partial charge is 0.189 e. The molecule has 2 heterocycles. The van der Waals surface area contributed by atoms with E-state index in [1.807, 2.05) is 6.92 Å². The zero-order chi connectivity index (χ0) is 10.9. The third-order valence-corrected chi connectivity index (χ3v) is 3.59. The van der Waals surface area contributed by atoms with E-state index in [2.05, 4.69) is 0 Å². The lowest BCUT2D eigenvalue weighted by Gasteiger charge is -2.46. The third kappa shape index (κ3) is 2.18. The summed E-state index contributed by atoms with van der Waals surface area (Å²) < 4.78 is 11.4. The fourth-order valence-corrected chi connectivity index (χ4v) is 2.44. The van der Waals surface area contributed by atoms with Gasteiger partial charge in [0.1, 0.15) is 0 Å². The maximum atomic E-state index is 9.90. The van der Waals surface area contributed by atoms with Crippen LogP contribution in [-0.2, 0) is 9.47 Å². The van der Waals surface area contributed by atoms with Crippen LogP contribution < -0.4 is 0 Å². The standard InChI is InChI=1S/C11H20O4/c1-10-5-6-11(13,8-12)15-9(10)4-2-3-7-14-10/h9,12-13H,2-8H2,1H3. The van der Waals surface area contributed by atoms with Crippen molar-refractivity contribution in [3.8, 4) is 0 Å². The molecule has 2 N–H and O–H groups in total. The van der Waals surface area contributed by atoms with Crippen molar-refractivity contribution in [2.24, 2.45) is 0 Å². The number of aliphatic hydroxyl groups excluding tert-OH is 1. The summed E-state index contributed by atoms with van der Waals surface area (Å²) in [6, 6.07) is 0. The molecule has 0 radical (unpaired) electrons. The van der Waals surface area contributed by atoms with Gasteiger partial charge in [-0.15, -0.1) is 0 Å². The van der Waals surface area contributed by atoms with Gasteiger partial charge >= 0.3 is 0 Å². The summed E-state index contributed by atoms with van der Waals surface area (Å²) in [6.07, 6.45) is 4.10. The highest BCUT2D eigenvalue weighted by atomic mass is 16.7. The van der Waals surface area contributed by atoms with Crippen LogP contribution >= 0.6 is 0 Å². The molecule has 3 atom stereocenters. The Kier molecular flexibility index (Phi) is 3.03. The number of hydrogen-bond donors (Lipinski definition) is 2. The van der Waals surface area contributed by atoms with Gasteiger partial charge in [0, 0.05) is 13.0 Å². The summed E-state index contributed by atoms with van der Waals surface area (Å²) in [7, 11) is 0. The molecule has 0 bridgehead atoms. The zero-order valence-electron chi connectivity index (χ0n) is 9.24. The summed E-state index contributed by atoms with van der Waals surface area (Å²) in [6.45, 7) is 2.48. The average molecular weight is 216 g/mol. The first-order valence-electron chi connectivity index (χ1n) is 5.73. The van der Waals surface area contributed by atoms with E-state index in [-0.39, 0.29) is 18.3 Å². The van der Waals surface area contributed by atoms with Crippen LogP contribution in [-0.4, -0.2) is 40.9 Å². The quantitative estimate of drug-likeness (QED) is 0.681. The summed E-state index contributed by atoms with van der Waals surface area (Å²) in [4.78, 5) is 0. The minimum absolute atomic E-state index is 0.0918. The molecule has 2 rings (SSSR count). The Morgan fingerprint density at radius 3 is 2.87 bits per heavy atom. The number of ether oxygens (including phenoxy) is 2. The molecule has 2 aliphatic rings. The maximum Gasteiger partial charge on any atom is 0.189 e. The lowest BCUT2D eigenvalue weighted by Crippen LogP contribution is -2.55. The predicted molar refractivity (Wildman–Crippen MR) is 54.4 cm³/mol. The second kappa shape index (κ2) is 4.01. The predicted octanol–water partition coefficient (Wildman–Crippen LogP) is 0.805. The highest BCUT2D eigenvalue weighted by molar-refractivity contribution is 4.94. The van der Waals surface area contributed by atoms with E-state index < -0.39 is 5.79 Å². The van der Waals surface area contributed by atoms with Gasteiger partial charge in [-0.3, -0.25) is 0 Å². The topological polar surface area (TPSA) is 58.9 Å². The first kappa shape index (κ1) is 11.3. The van der Waals surface area contributed by atoms with Gasteiger partial charge in [-0.2, -0.15) is 0 Å². The van der Waals surface area contributed by atoms with Crippen LogP contribution in [0.5, 0.6) is 0 Å². The molecular weight excluding hydrogens is 196 g/mol. The Bertz CT molecular complexity index is 233. The Labute approximate surface area is 90.2 Å². The molecule has 0 aromatic heterocycles. The molecule has 0 aromatic carbocycles. The van der Waals surface area contributed by atoms with E-state index in [0.717, 1.165) is 32.3 Å². The van der Waals surface area contributed by atoms with Crippen LogP contribution in [0, 0.1) is 0 Å². The first-order valence-corrected chi connectivity index (χ1v) is 5.73. The molecule has 2 saturated heterocycles. The minimum Gasteiger partial charge on any atom is -0.391 e. The first-order chi connectivity index (χ1) is 7.08. The number of rotatable bonds is 1. The monoisotopic (exact) mass is 216 g/mol. The summed E-state index contributed by atoms with van der Waals surface area (Å²) in [5.41, 5.74) is -0.280. The molecule has 0 spiro atoms. The van der Waals surface area contributed by atoms with Gasteiger partial charge < -0.3 is 19.7 Å². The van der Waals surface area contributed by atoms with Crippen LogP contribution in [0.3, 0.4) is 0 Å². The van der Waals surface area contributed by atoms with Gasteiger partial charge in [-0.1, -0.05) is 0 Å². The molecule has 0 saturated carbocycles. The number of hydrogen-bond acceptors (Lipinski definition) is 4. The largest absolute Gasteiger partial charge is 0.391 e. The van der Waals surface area contributed by atoms with Crippen LogP contribution in [0.2, 0.25) is 0 Å². The van der Waals surface area contributed by atoms with E-state index in [1.165, 1.54) is 0 Å². The van der Waals surface area contributed by atoms with Crippen molar-refractivity contribution in [2.45, 2.75) is 56.5 Å². The van der Waals surface area contributed by atoms with Crippen molar-refractivity contribution >= 4 is 0 Å². The summed E-state index contributed by atoms with van der Waals surface area (Å²) in [5, 5.41) is 19.0. The van der Waals surface area contributed by atoms with Gasteiger partial charge in [0.15, 0.2) is 5.79 Å². The van der Waals surface area contributed by atoms with Crippen LogP contribution in [0.15, 0.2) is 0 Å². The summed E-state index contributed by atoms with van der Waals surface area (Å²) in [5.74, 6) is -1.35. The molecule has 2 aliphatic heterocycles. The molecule has 0 aromatic rings. The van der Waals surface area contributed by atoms with Crippen molar-refractivity contribution in [2.75, 3.05) is 13.2 Å². The summed E-state index contributed by atoms with van der Waals surface area (Å²) >= 11 is 0. The maximum absolute atomic E-state index is 9.90. The lowest BCUT2D eigenvalue weighted by atomic mass is 9.85. The van der Waals surface area contributed by atoms with Gasteiger partial charge in [0.2, 0.25) is 0 Å². The van der Waals surface area contributed by atoms with Gasteiger partial charge in [0.05, 0.1) is 18.3 Å². The molecule has 4 heteroatoms. The second-order valence-corrected chi connectivity index (χ2v) is 4.87. The van der Waals surface area contributed by atoms with Gasteiger partial charge in [-0.25, -0.2) is 0 Å². The molecule has 0 aliphatic carbocycles. The Morgan fingerprint density at radius 2 is 2.13 bits per heavy atom. The van der Waals surface area contributed by atoms with Crippen molar-refractivity contribution in [1.82, 2.24) is 0 Å². The zero-order valence-corrected chi connectivity index (χ0v) is 9.24. The van der Waals surface area contributed by atoms with Gasteiger partial charge in [0.25, 0.3) is 0 Å². The Hall–Kier alpha value is -0.160. The highest BCUT2D eigenvalue weighted by Crippen LogP contribution is 2.39. The fraction of sp³-hybridized carbons (Fsp3) is 1.00. The van der Waals surface area contributed by atoms with Crippen LogP contribution in [0.4, 0.5) is 0 Å². The van der Waals surface area contributed by atoms with E-state index in [1.54, 1.807) is 0 Å². The van der Waals surface area contributed by atoms with Crippen molar-refractivity contribution in [1.29, 1.82) is 0 Å². The van der Waals surface area contributed by atoms with Crippen molar-refractivity contribution < 1.29 is 19.7 Å². The van der Waals surface area contributed by atoms with E-state index in [9.17, 15) is 5.11 Å². The van der Waals surface area contributed by atoms with E-state index in [0.29, 0.717) is 6.42 Å². The van der Waals surface area contributed by atoms with E-state index >= 15 is 0 Å². The second-order valence-electron chi connectivity index (χ2n) is 4.87. The van der Waals surface area contributed by atoms with Crippen molar-refractivity contribution in [3.63, 3.8) is 0 Å². The molecule has 4 nitrogen and oxygen atoms in total.